The molecule has 1 aromatic heterocycles. The predicted octanol–water partition coefficient (Wildman–Crippen LogP) is 3.25. The molecule has 0 bridgehead atoms. The van der Waals surface area contributed by atoms with Crippen LogP contribution in [-0.2, 0) is 0 Å². The molecule has 0 fully saturated rings. The zero-order valence-electron chi connectivity index (χ0n) is 11.0. The Morgan fingerprint density at radius 1 is 1.00 bits per heavy atom. The van der Waals surface area contributed by atoms with E-state index in [-0.39, 0.29) is 5.91 Å². The second-order valence-corrected chi connectivity index (χ2v) is 5.63. The third kappa shape index (κ3) is 2.78. The van der Waals surface area contributed by atoms with E-state index in [1.54, 1.807) is 24.3 Å². The van der Waals surface area contributed by atoms with Gasteiger partial charge in [-0.25, -0.2) is 0 Å². The van der Waals surface area contributed by atoms with Gasteiger partial charge in [-0.2, -0.15) is 0 Å². The summed E-state index contributed by atoms with van der Waals surface area (Å²) in [5.41, 5.74) is 6.14. The standard InChI is InChI=1S/C16H12N2O2S/c17-15(19)11-5-3-6-12(8-11)18-16(20)14-9-10-4-1-2-7-13(10)21-14/h1-9H,(H2,17,19)(H,18,20). The van der Waals surface area contributed by atoms with Gasteiger partial charge in [0.1, 0.15) is 0 Å². The van der Waals surface area contributed by atoms with Crippen LogP contribution in [0.4, 0.5) is 5.69 Å². The Morgan fingerprint density at radius 2 is 1.81 bits per heavy atom. The van der Waals surface area contributed by atoms with Crippen molar-refractivity contribution in [2.24, 2.45) is 5.73 Å². The molecule has 2 aromatic carbocycles. The van der Waals surface area contributed by atoms with E-state index in [0.29, 0.717) is 16.1 Å². The molecule has 0 atom stereocenters. The van der Waals surface area contributed by atoms with E-state index < -0.39 is 5.91 Å². The summed E-state index contributed by atoms with van der Waals surface area (Å²) in [5.74, 6) is -0.717. The third-order valence-corrected chi connectivity index (χ3v) is 4.17. The van der Waals surface area contributed by atoms with Crippen LogP contribution < -0.4 is 11.1 Å². The summed E-state index contributed by atoms with van der Waals surface area (Å²) in [6.07, 6.45) is 0. The van der Waals surface area contributed by atoms with Crippen molar-refractivity contribution in [1.29, 1.82) is 0 Å². The molecular formula is C16H12N2O2S. The lowest BCUT2D eigenvalue weighted by Crippen LogP contribution is -2.13. The van der Waals surface area contributed by atoms with Gasteiger partial charge in [0.15, 0.2) is 0 Å². The van der Waals surface area contributed by atoms with Crippen LogP contribution >= 0.6 is 11.3 Å². The number of carbonyl (C=O) groups is 2. The molecule has 0 radical (unpaired) electrons. The van der Waals surface area contributed by atoms with Gasteiger partial charge in [-0.3, -0.25) is 9.59 Å². The molecule has 2 amide bonds. The number of anilines is 1. The number of carbonyl (C=O) groups excluding carboxylic acids is 2. The number of rotatable bonds is 3. The molecule has 0 aliphatic carbocycles. The van der Waals surface area contributed by atoms with Crippen LogP contribution in [0.15, 0.2) is 54.6 Å². The molecule has 3 N–H and O–H groups in total. The number of amides is 2. The lowest BCUT2D eigenvalue weighted by molar-refractivity contribution is 0.0996. The quantitative estimate of drug-likeness (QED) is 0.778. The summed E-state index contributed by atoms with van der Waals surface area (Å²) < 4.78 is 1.06. The first-order valence-corrected chi connectivity index (χ1v) is 7.15. The maximum atomic E-state index is 12.2. The van der Waals surface area contributed by atoms with Crippen LogP contribution in [-0.4, -0.2) is 11.8 Å². The molecule has 0 aliphatic heterocycles. The van der Waals surface area contributed by atoms with E-state index in [1.807, 2.05) is 30.3 Å². The van der Waals surface area contributed by atoms with Gasteiger partial charge in [-0.15, -0.1) is 11.3 Å². The van der Waals surface area contributed by atoms with Crippen LogP contribution in [0.2, 0.25) is 0 Å². The summed E-state index contributed by atoms with van der Waals surface area (Å²) in [6, 6.07) is 16.3. The molecular weight excluding hydrogens is 284 g/mol. The minimum Gasteiger partial charge on any atom is -0.366 e. The fraction of sp³-hybridized carbons (Fsp3) is 0. The van der Waals surface area contributed by atoms with E-state index in [4.69, 9.17) is 5.73 Å². The first kappa shape index (κ1) is 13.3. The SMILES string of the molecule is NC(=O)c1cccc(NC(=O)c2cc3ccccc3s2)c1. The highest BCUT2D eigenvalue weighted by Crippen LogP contribution is 2.26. The minimum atomic E-state index is -0.520. The van der Waals surface area contributed by atoms with Gasteiger partial charge in [-0.1, -0.05) is 24.3 Å². The Hall–Kier alpha value is -2.66. The van der Waals surface area contributed by atoms with Gasteiger partial charge in [-0.05, 0) is 35.7 Å². The van der Waals surface area contributed by atoms with Crippen molar-refractivity contribution in [3.05, 3.63) is 65.0 Å². The van der Waals surface area contributed by atoms with Crippen molar-refractivity contribution < 1.29 is 9.59 Å². The van der Waals surface area contributed by atoms with E-state index in [9.17, 15) is 9.59 Å². The smallest absolute Gasteiger partial charge is 0.265 e. The molecule has 0 saturated heterocycles. The maximum absolute atomic E-state index is 12.2. The van der Waals surface area contributed by atoms with Crippen LogP contribution in [0.25, 0.3) is 10.1 Å². The van der Waals surface area contributed by atoms with E-state index in [0.717, 1.165) is 10.1 Å². The molecule has 5 heteroatoms. The Balaban J connectivity index is 1.85. The molecule has 0 spiro atoms. The molecule has 104 valence electrons. The lowest BCUT2D eigenvalue weighted by atomic mass is 10.2. The van der Waals surface area contributed by atoms with Gasteiger partial charge in [0.25, 0.3) is 5.91 Å². The highest BCUT2D eigenvalue weighted by atomic mass is 32.1. The first-order valence-electron chi connectivity index (χ1n) is 6.33. The van der Waals surface area contributed by atoms with Crippen LogP contribution in [0, 0.1) is 0 Å². The van der Waals surface area contributed by atoms with Crippen LogP contribution in [0.1, 0.15) is 20.0 Å². The number of benzene rings is 2. The fourth-order valence-electron chi connectivity index (χ4n) is 2.04. The molecule has 1 heterocycles. The lowest BCUT2D eigenvalue weighted by Gasteiger charge is -2.04. The molecule has 3 aromatic rings. The summed E-state index contributed by atoms with van der Waals surface area (Å²) >= 11 is 1.43. The van der Waals surface area contributed by atoms with Crippen molar-refractivity contribution in [1.82, 2.24) is 0 Å². The van der Waals surface area contributed by atoms with Crippen LogP contribution in [0.5, 0.6) is 0 Å². The van der Waals surface area contributed by atoms with E-state index in [1.165, 1.54) is 11.3 Å². The molecule has 4 nitrogen and oxygen atoms in total. The monoisotopic (exact) mass is 296 g/mol. The first-order chi connectivity index (χ1) is 10.1. The summed E-state index contributed by atoms with van der Waals surface area (Å²) in [5, 5.41) is 3.82. The van der Waals surface area contributed by atoms with Crippen molar-refractivity contribution >= 4 is 38.9 Å². The minimum absolute atomic E-state index is 0.196. The maximum Gasteiger partial charge on any atom is 0.265 e. The molecule has 0 saturated carbocycles. The average molecular weight is 296 g/mol. The van der Waals surface area contributed by atoms with Crippen LogP contribution in [0.3, 0.4) is 0 Å². The number of nitrogens with one attached hydrogen (secondary N) is 1. The van der Waals surface area contributed by atoms with Crippen molar-refractivity contribution in [3.8, 4) is 0 Å². The van der Waals surface area contributed by atoms with Gasteiger partial charge in [0, 0.05) is 16.0 Å². The summed E-state index contributed by atoms with van der Waals surface area (Å²) in [6.45, 7) is 0. The Morgan fingerprint density at radius 3 is 2.57 bits per heavy atom. The Labute approximate surface area is 125 Å². The van der Waals surface area contributed by atoms with Crippen molar-refractivity contribution in [2.45, 2.75) is 0 Å². The normalized spacial score (nSPS) is 10.5. The zero-order chi connectivity index (χ0) is 14.8. The molecule has 3 rings (SSSR count). The predicted molar refractivity (Wildman–Crippen MR) is 84.7 cm³/mol. The fourth-order valence-corrected chi connectivity index (χ4v) is 2.99. The van der Waals surface area contributed by atoms with Gasteiger partial charge < -0.3 is 11.1 Å². The van der Waals surface area contributed by atoms with E-state index in [2.05, 4.69) is 5.32 Å². The Kier molecular flexibility index (Phi) is 3.41. The largest absolute Gasteiger partial charge is 0.366 e. The average Bonchev–Trinajstić information content (AvgIpc) is 2.91. The summed E-state index contributed by atoms with van der Waals surface area (Å²) in [7, 11) is 0. The topological polar surface area (TPSA) is 72.2 Å². The van der Waals surface area contributed by atoms with E-state index >= 15 is 0 Å². The second kappa shape index (κ2) is 5.38. The highest BCUT2D eigenvalue weighted by molar-refractivity contribution is 7.20. The number of nitrogens with two attached hydrogens (primary N) is 1. The number of fused-ring (bicyclic) bond motifs is 1. The Bertz CT molecular complexity index is 806. The van der Waals surface area contributed by atoms with Crippen molar-refractivity contribution in [2.75, 3.05) is 5.32 Å². The zero-order valence-corrected chi connectivity index (χ0v) is 11.8. The molecule has 0 unspecified atom stereocenters. The highest BCUT2D eigenvalue weighted by Gasteiger charge is 2.11. The number of hydrogen-bond acceptors (Lipinski definition) is 3. The number of hydrogen-bond donors (Lipinski definition) is 2. The molecule has 0 aliphatic rings. The van der Waals surface area contributed by atoms with Gasteiger partial charge >= 0.3 is 0 Å². The number of thiophene rings is 1. The third-order valence-electron chi connectivity index (χ3n) is 3.05. The van der Waals surface area contributed by atoms with Gasteiger partial charge in [0.05, 0.1) is 4.88 Å². The summed E-state index contributed by atoms with van der Waals surface area (Å²) in [4.78, 5) is 24.0. The number of primary amides is 1. The van der Waals surface area contributed by atoms with Gasteiger partial charge in [0.2, 0.25) is 5.91 Å². The van der Waals surface area contributed by atoms with Crippen molar-refractivity contribution in [3.63, 3.8) is 0 Å². The second-order valence-electron chi connectivity index (χ2n) is 4.55. The molecule has 21 heavy (non-hydrogen) atoms.